The third-order valence-corrected chi connectivity index (χ3v) is 0.125. The van der Waals surface area contributed by atoms with Crippen molar-refractivity contribution < 1.29 is 0 Å². The van der Waals surface area contributed by atoms with Crippen LogP contribution in [0.2, 0.25) is 9.88 Å². The number of nitrogens with one attached hydrogen (secondary N) is 2. The Hall–Kier alpha value is 1.68. The van der Waals surface area contributed by atoms with Gasteiger partial charge in [-0.15, -0.1) is 0 Å². The summed E-state index contributed by atoms with van der Waals surface area (Å²) in [6.45, 7) is 0.472. The fraction of sp³-hybridized carbons (Fsp3) is 1.00. The second kappa shape index (κ2) is 7.78. The van der Waals surface area contributed by atoms with Crippen LogP contribution in [0.4, 0.5) is 0 Å². The van der Waals surface area contributed by atoms with Crippen molar-refractivity contribution in [2.75, 3.05) is 13.1 Å². The first-order chi connectivity index (χ1) is 3.91. The van der Waals surface area contributed by atoms with Gasteiger partial charge in [0, 0.05) is 0 Å². The van der Waals surface area contributed by atoms with Gasteiger partial charge in [0.15, 0.2) is 0 Å². The zero-order valence-corrected chi connectivity index (χ0v) is 11.7. The zero-order chi connectivity index (χ0) is 7.91. The molecule has 58 valence electrons. The molecule has 0 aromatic heterocycles. The Labute approximate surface area is 73.1 Å². The molecule has 0 aromatic rings. The van der Waals surface area contributed by atoms with Crippen LogP contribution in [0, 0.1) is 0 Å². The van der Waals surface area contributed by atoms with Crippen LogP contribution in [-0.2, 0) is 0 Å². The molecule has 0 amide bonds. The van der Waals surface area contributed by atoms with Gasteiger partial charge in [0.1, 0.15) is 0 Å². The van der Waals surface area contributed by atoms with E-state index in [1.54, 1.807) is 0 Å². The predicted molar refractivity (Wildman–Crippen MR) is 53.7 cm³/mol. The van der Waals surface area contributed by atoms with Crippen molar-refractivity contribution >= 4 is 39.3 Å². The van der Waals surface area contributed by atoms with Crippen LogP contribution in [0.25, 0.3) is 11.5 Å². The summed E-state index contributed by atoms with van der Waals surface area (Å²) in [6.07, 6.45) is 0. The molecule has 0 unspecified atom stereocenters. The molecule has 0 aliphatic rings. The van der Waals surface area contributed by atoms with Crippen molar-refractivity contribution in [1.82, 2.24) is 0 Å². The molecule has 2 nitrogen and oxygen atoms in total. The second-order valence-electron chi connectivity index (χ2n) is 1.83. The van der Waals surface area contributed by atoms with E-state index in [1.165, 1.54) is 0 Å². The molecular formula is C4H12Br2N2Sn-2. The smallest absolute Gasteiger partial charge is 0.171 e. The van der Waals surface area contributed by atoms with E-state index in [2.05, 4.69) is 35.3 Å². The summed E-state index contributed by atoms with van der Waals surface area (Å²) in [4.78, 5) is 4.46. The third kappa shape index (κ3) is 79.5. The topological polar surface area (TPSA) is 47.6 Å². The van der Waals surface area contributed by atoms with Crippen molar-refractivity contribution in [2.45, 2.75) is 9.88 Å². The van der Waals surface area contributed by atoms with Gasteiger partial charge in [-0.2, -0.15) is 13.1 Å². The summed E-state index contributed by atoms with van der Waals surface area (Å²) in [6, 6.07) is 0. The van der Waals surface area contributed by atoms with Crippen molar-refractivity contribution in [3.05, 3.63) is 11.5 Å². The Kier molecular flexibility index (Phi) is 11.5. The summed E-state index contributed by atoms with van der Waals surface area (Å²) in [7, 11) is 0. The van der Waals surface area contributed by atoms with Crippen LogP contribution in [0.15, 0.2) is 0 Å². The van der Waals surface area contributed by atoms with Crippen molar-refractivity contribution in [3.8, 4) is 0 Å². The molecule has 0 aliphatic carbocycles. The van der Waals surface area contributed by atoms with Gasteiger partial charge in [-0.3, -0.25) is 0 Å². The van der Waals surface area contributed by atoms with Gasteiger partial charge in [0.05, 0.1) is 0 Å². The standard InChI is InChI=1S/C2H6N2.2CH3.2BrH.Sn/c3-1-2-4;;;;;/h3-4H,1-2H2;2*1H3;2*1H;/q-2;;;;;+2/p-2. The van der Waals surface area contributed by atoms with E-state index in [-0.39, 0.29) is 13.1 Å². The van der Waals surface area contributed by atoms with Crippen LogP contribution in [0.1, 0.15) is 0 Å². The maximum Gasteiger partial charge on any atom is -0.171 e. The van der Waals surface area contributed by atoms with E-state index >= 15 is 0 Å². The molecule has 9 heavy (non-hydrogen) atoms. The molecule has 0 aromatic carbocycles. The number of rotatable bonds is 1. The van der Waals surface area contributed by atoms with Crippen LogP contribution >= 0.6 is 25.4 Å². The minimum atomic E-state index is -1.55. The Bertz CT molecular complexity index is 47.0. The molecule has 0 fully saturated rings. The van der Waals surface area contributed by atoms with Gasteiger partial charge in [-0.1, -0.05) is 0 Å². The number of halogens is 2. The van der Waals surface area contributed by atoms with E-state index < -0.39 is 13.9 Å². The first-order valence-electron chi connectivity index (χ1n) is 2.59. The van der Waals surface area contributed by atoms with Gasteiger partial charge >= 0.3 is 49.2 Å². The molecular weight excluding hydrogens is 355 g/mol. The monoisotopic (exact) mass is 366 g/mol. The van der Waals surface area contributed by atoms with E-state index in [1.807, 2.05) is 0 Å². The van der Waals surface area contributed by atoms with Crippen LogP contribution in [0.5, 0.6) is 0 Å². The summed E-state index contributed by atoms with van der Waals surface area (Å²) in [5, 5.41) is 0. The molecule has 0 spiro atoms. The summed E-state index contributed by atoms with van der Waals surface area (Å²) in [5.74, 6) is 0. The molecule has 0 saturated heterocycles. The molecule has 0 atom stereocenters. The van der Waals surface area contributed by atoms with E-state index in [9.17, 15) is 0 Å². The predicted octanol–water partition coefficient (Wildman–Crippen LogP) is 3.57. The average Bonchev–Trinajstić information content (AvgIpc) is 1.61. The zero-order valence-electron chi connectivity index (χ0n) is 5.67. The normalized spacial score (nSPS) is 10.0. The summed E-state index contributed by atoms with van der Waals surface area (Å²) >= 11 is 5.45. The SMILES string of the molecule is [CH3][Sn]([CH3])([Br])[Br].[NH-]CC[NH-]. The van der Waals surface area contributed by atoms with Crippen LogP contribution in [-0.4, -0.2) is 27.0 Å². The molecule has 5 heteroatoms. The molecule has 0 saturated carbocycles. The van der Waals surface area contributed by atoms with Gasteiger partial charge < -0.3 is 11.5 Å². The van der Waals surface area contributed by atoms with Crippen molar-refractivity contribution in [3.63, 3.8) is 0 Å². The quantitative estimate of drug-likeness (QED) is 0.637. The molecule has 0 bridgehead atoms. The molecule has 0 aliphatic heterocycles. The Balaban J connectivity index is 0. The summed E-state index contributed by atoms with van der Waals surface area (Å²) in [5.41, 5.74) is 12.5. The van der Waals surface area contributed by atoms with Crippen LogP contribution in [0.3, 0.4) is 0 Å². The third-order valence-electron chi connectivity index (χ3n) is 0.125. The summed E-state index contributed by atoms with van der Waals surface area (Å²) < 4.78 is 0. The van der Waals surface area contributed by atoms with Gasteiger partial charge in [-0.25, -0.2) is 0 Å². The number of hydrogen-bond donors (Lipinski definition) is 0. The minimum absolute atomic E-state index is 0.236. The fourth-order valence-electron chi connectivity index (χ4n) is 0. The average molecular weight is 367 g/mol. The van der Waals surface area contributed by atoms with Gasteiger partial charge in [-0.05, 0) is 0 Å². The largest absolute Gasteiger partial charge is 0.679 e. The van der Waals surface area contributed by atoms with Gasteiger partial charge in [0.2, 0.25) is 0 Å². The van der Waals surface area contributed by atoms with E-state index in [4.69, 9.17) is 11.5 Å². The van der Waals surface area contributed by atoms with Gasteiger partial charge in [0.25, 0.3) is 0 Å². The maximum absolute atomic E-state index is 6.26. The van der Waals surface area contributed by atoms with E-state index in [0.717, 1.165) is 0 Å². The number of hydrogen-bond acceptors (Lipinski definition) is 0. The molecule has 2 N–H and O–H groups in total. The van der Waals surface area contributed by atoms with Crippen LogP contribution < -0.4 is 0 Å². The Morgan fingerprint density at radius 2 is 1.22 bits per heavy atom. The molecule has 0 radical (unpaired) electrons. The Morgan fingerprint density at radius 1 is 1.11 bits per heavy atom. The Morgan fingerprint density at radius 3 is 1.22 bits per heavy atom. The first kappa shape index (κ1) is 13.3. The minimum Gasteiger partial charge on any atom is -0.679 e. The van der Waals surface area contributed by atoms with E-state index in [0.29, 0.717) is 0 Å². The second-order valence-corrected chi connectivity index (χ2v) is 43.1. The fourth-order valence-corrected chi connectivity index (χ4v) is 0. The maximum atomic E-state index is 6.26. The van der Waals surface area contributed by atoms with Crippen molar-refractivity contribution in [1.29, 1.82) is 0 Å². The molecule has 0 heterocycles. The first-order valence-corrected chi connectivity index (χ1v) is 21.1. The molecule has 0 rings (SSSR count). The van der Waals surface area contributed by atoms with Crippen molar-refractivity contribution in [2.24, 2.45) is 0 Å².